The molecule has 0 bridgehead atoms. The highest BCUT2D eigenvalue weighted by Crippen LogP contribution is 2.15. The third-order valence-electron chi connectivity index (χ3n) is 2.22. The molecule has 0 aliphatic heterocycles. The van der Waals surface area contributed by atoms with Gasteiger partial charge in [0.15, 0.2) is 0 Å². The molecule has 3 heteroatoms. The molecule has 2 aromatic rings. The zero-order chi connectivity index (χ0) is 10.5. The molecule has 0 unspecified atom stereocenters. The van der Waals surface area contributed by atoms with E-state index in [9.17, 15) is 0 Å². The van der Waals surface area contributed by atoms with Crippen molar-refractivity contribution < 1.29 is 0 Å². The van der Waals surface area contributed by atoms with Crippen molar-refractivity contribution in [3.05, 3.63) is 42.6 Å². The average Bonchev–Trinajstić information content (AvgIpc) is 2.76. The van der Waals surface area contributed by atoms with Gasteiger partial charge in [-0.25, -0.2) is 0 Å². The van der Waals surface area contributed by atoms with Crippen LogP contribution in [0.15, 0.2) is 36.4 Å². The van der Waals surface area contributed by atoms with Crippen molar-refractivity contribution in [2.24, 2.45) is 5.73 Å². The lowest BCUT2D eigenvalue weighted by molar-refractivity contribution is 0.583. The number of hydrogen-bond acceptors (Lipinski definition) is 2. The van der Waals surface area contributed by atoms with Gasteiger partial charge in [-0.15, -0.1) is 0 Å². The lowest BCUT2D eigenvalue weighted by Gasteiger charge is -1.98. The van der Waals surface area contributed by atoms with E-state index in [4.69, 9.17) is 5.73 Å². The van der Waals surface area contributed by atoms with E-state index in [1.165, 1.54) is 0 Å². The molecule has 1 radical (unpaired) electrons. The first kappa shape index (κ1) is 9.93. The second kappa shape index (κ2) is 4.75. The predicted octanol–water partition coefficient (Wildman–Crippen LogP) is 1.70. The molecule has 0 aliphatic carbocycles. The minimum Gasteiger partial charge on any atom is -0.330 e. The Kier molecular flexibility index (Phi) is 3.15. The monoisotopic (exact) mass is 200 g/mol. The molecule has 0 fully saturated rings. The van der Waals surface area contributed by atoms with Crippen molar-refractivity contribution in [3.63, 3.8) is 0 Å². The van der Waals surface area contributed by atoms with Crippen LogP contribution < -0.4 is 5.73 Å². The van der Waals surface area contributed by atoms with Gasteiger partial charge in [-0.1, -0.05) is 30.3 Å². The quantitative estimate of drug-likeness (QED) is 0.816. The molecule has 0 saturated carbocycles. The normalized spacial score (nSPS) is 10.5. The maximum atomic E-state index is 5.44. The van der Waals surface area contributed by atoms with E-state index in [2.05, 4.69) is 11.3 Å². The Morgan fingerprint density at radius 2 is 2.07 bits per heavy atom. The first-order valence-electron chi connectivity index (χ1n) is 5.11. The van der Waals surface area contributed by atoms with Gasteiger partial charge in [0, 0.05) is 12.1 Å². The molecule has 0 spiro atoms. The van der Waals surface area contributed by atoms with Crippen molar-refractivity contribution >= 4 is 0 Å². The fourth-order valence-electron chi connectivity index (χ4n) is 1.43. The number of aromatic nitrogens is 2. The summed E-state index contributed by atoms with van der Waals surface area (Å²) in [6.07, 6.45) is 4.03. The largest absolute Gasteiger partial charge is 0.330 e. The van der Waals surface area contributed by atoms with Crippen molar-refractivity contribution in [3.8, 4) is 11.3 Å². The van der Waals surface area contributed by atoms with E-state index >= 15 is 0 Å². The standard InChI is InChI=1S/C12H14N3/c13-8-4-9-15-10-7-12(14-15)11-5-2-1-3-6-11/h1-3,5-7H,4,8-9,13H2. The smallest absolute Gasteiger partial charge is 0.0930 e. The number of nitrogens with two attached hydrogens (primary N) is 1. The minimum atomic E-state index is 0.689. The molecule has 2 rings (SSSR count). The molecule has 1 heterocycles. The van der Waals surface area contributed by atoms with Crippen molar-refractivity contribution in [2.75, 3.05) is 6.54 Å². The lowest BCUT2D eigenvalue weighted by Crippen LogP contribution is -2.06. The van der Waals surface area contributed by atoms with E-state index in [0.717, 1.165) is 24.2 Å². The number of rotatable bonds is 4. The molecule has 1 aromatic heterocycles. The number of benzene rings is 1. The molecule has 0 saturated heterocycles. The fraction of sp³-hybridized carbons (Fsp3) is 0.250. The van der Waals surface area contributed by atoms with Crippen molar-refractivity contribution in [1.82, 2.24) is 9.78 Å². The number of nitrogens with zero attached hydrogens (tertiary/aromatic N) is 2. The van der Waals surface area contributed by atoms with Crippen LogP contribution in [0.3, 0.4) is 0 Å². The summed E-state index contributed by atoms with van der Waals surface area (Å²) in [6, 6.07) is 12.0. The van der Waals surface area contributed by atoms with E-state index in [1.807, 2.05) is 41.1 Å². The van der Waals surface area contributed by atoms with Gasteiger partial charge in [-0.05, 0) is 19.0 Å². The second-order valence-electron chi connectivity index (χ2n) is 3.39. The van der Waals surface area contributed by atoms with Crippen LogP contribution in [0.5, 0.6) is 0 Å². The SMILES string of the molecule is NCCCn1[c]cc(-c2ccccc2)n1. The van der Waals surface area contributed by atoms with E-state index in [-0.39, 0.29) is 0 Å². The summed E-state index contributed by atoms with van der Waals surface area (Å²) in [7, 11) is 0. The number of hydrogen-bond donors (Lipinski definition) is 1. The molecule has 77 valence electrons. The van der Waals surface area contributed by atoms with Crippen LogP contribution in [-0.4, -0.2) is 16.3 Å². The molecule has 0 aliphatic rings. The van der Waals surface area contributed by atoms with Gasteiger partial charge in [0.05, 0.1) is 11.9 Å². The van der Waals surface area contributed by atoms with Crippen molar-refractivity contribution in [1.29, 1.82) is 0 Å². The molecule has 1 aromatic carbocycles. The third kappa shape index (κ3) is 2.44. The van der Waals surface area contributed by atoms with E-state index < -0.39 is 0 Å². The molecular weight excluding hydrogens is 186 g/mol. The van der Waals surface area contributed by atoms with Crippen LogP contribution >= 0.6 is 0 Å². The van der Waals surface area contributed by atoms with Gasteiger partial charge in [-0.3, -0.25) is 4.68 Å². The summed E-state index contributed by atoms with van der Waals surface area (Å²) < 4.78 is 1.81. The molecule has 15 heavy (non-hydrogen) atoms. The van der Waals surface area contributed by atoms with Crippen LogP contribution in [-0.2, 0) is 6.54 Å². The summed E-state index contributed by atoms with van der Waals surface area (Å²) in [6.45, 7) is 1.53. The van der Waals surface area contributed by atoms with Crippen LogP contribution in [0.1, 0.15) is 6.42 Å². The Bertz CT molecular complexity index is 406. The topological polar surface area (TPSA) is 43.8 Å². The molecule has 2 N–H and O–H groups in total. The summed E-state index contributed by atoms with van der Waals surface area (Å²) in [5.41, 5.74) is 7.53. The highest BCUT2D eigenvalue weighted by Gasteiger charge is 2.01. The Morgan fingerprint density at radius 3 is 2.80 bits per heavy atom. The Morgan fingerprint density at radius 1 is 1.27 bits per heavy atom. The first-order valence-corrected chi connectivity index (χ1v) is 5.11. The van der Waals surface area contributed by atoms with Crippen LogP contribution in [0.25, 0.3) is 11.3 Å². The zero-order valence-corrected chi connectivity index (χ0v) is 8.56. The van der Waals surface area contributed by atoms with Gasteiger partial charge in [-0.2, -0.15) is 5.10 Å². The zero-order valence-electron chi connectivity index (χ0n) is 8.56. The average molecular weight is 200 g/mol. The highest BCUT2D eigenvalue weighted by atomic mass is 15.3. The Balaban J connectivity index is 2.14. The maximum absolute atomic E-state index is 5.44. The molecular formula is C12H14N3. The molecule has 0 amide bonds. The first-order chi connectivity index (χ1) is 7.40. The maximum Gasteiger partial charge on any atom is 0.0930 e. The van der Waals surface area contributed by atoms with E-state index in [0.29, 0.717) is 6.54 Å². The van der Waals surface area contributed by atoms with Crippen LogP contribution in [0.4, 0.5) is 0 Å². The van der Waals surface area contributed by atoms with Crippen LogP contribution in [0, 0.1) is 6.20 Å². The Hall–Kier alpha value is -1.61. The summed E-state index contributed by atoms with van der Waals surface area (Å²) in [5.74, 6) is 0. The van der Waals surface area contributed by atoms with Crippen molar-refractivity contribution in [2.45, 2.75) is 13.0 Å². The van der Waals surface area contributed by atoms with Gasteiger partial charge in [0.2, 0.25) is 0 Å². The second-order valence-corrected chi connectivity index (χ2v) is 3.39. The van der Waals surface area contributed by atoms with Crippen LogP contribution in [0.2, 0.25) is 0 Å². The summed E-state index contributed by atoms with van der Waals surface area (Å²) in [5, 5.41) is 4.42. The summed E-state index contributed by atoms with van der Waals surface area (Å²) in [4.78, 5) is 0. The fourth-order valence-corrected chi connectivity index (χ4v) is 1.43. The van der Waals surface area contributed by atoms with Gasteiger partial charge in [0.25, 0.3) is 0 Å². The third-order valence-corrected chi connectivity index (χ3v) is 2.22. The highest BCUT2D eigenvalue weighted by molar-refractivity contribution is 5.57. The van der Waals surface area contributed by atoms with Gasteiger partial charge < -0.3 is 5.73 Å². The minimum absolute atomic E-state index is 0.689. The lowest BCUT2D eigenvalue weighted by atomic mass is 10.2. The molecule has 0 atom stereocenters. The number of aryl methyl sites for hydroxylation is 1. The van der Waals surface area contributed by atoms with Gasteiger partial charge >= 0.3 is 0 Å². The predicted molar refractivity (Wildman–Crippen MR) is 60.2 cm³/mol. The summed E-state index contributed by atoms with van der Waals surface area (Å²) >= 11 is 0. The Labute approximate surface area is 89.5 Å². The van der Waals surface area contributed by atoms with Gasteiger partial charge in [0.1, 0.15) is 0 Å². The molecule has 3 nitrogen and oxygen atoms in total. The van der Waals surface area contributed by atoms with E-state index in [1.54, 1.807) is 0 Å².